The molecule has 4 heterocycles. The number of rotatable bonds is 4. The maximum atomic E-state index is 13.1. The third-order valence-corrected chi connectivity index (χ3v) is 6.30. The van der Waals surface area contributed by atoms with E-state index >= 15 is 0 Å². The van der Waals surface area contributed by atoms with Crippen LogP contribution in [0.25, 0.3) is 5.65 Å². The van der Waals surface area contributed by atoms with Crippen molar-refractivity contribution in [3.05, 3.63) is 69.5 Å². The Hall–Kier alpha value is -2.93. The van der Waals surface area contributed by atoms with Crippen LogP contribution in [0.4, 0.5) is 0 Å². The number of aromatic nitrogens is 3. The molecule has 0 bridgehead atoms. The maximum Gasteiger partial charge on any atom is 0.258 e. The van der Waals surface area contributed by atoms with Crippen LogP contribution in [0.15, 0.2) is 41.3 Å². The molecule has 0 radical (unpaired) electrons. The van der Waals surface area contributed by atoms with Gasteiger partial charge in [0.25, 0.3) is 11.5 Å². The van der Waals surface area contributed by atoms with Crippen LogP contribution < -0.4 is 5.56 Å². The molecule has 2 fully saturated rings. The average Bonchev–Trinajstić information content (AvgIpc) is 3.52. The fourth-order valence-corrected chi connectivity index (χ4v) is 4.58. The van der Waals surface area contributed by atoms with Gasteiger partial charge in [-0.2, -0.15) is 0 Å². The number of hydrogen-bond acceptors (Lipinski definition) is 4. The topological polar surface area (TPSA) is 62.9 Å². The first-order valence-electron chi connectivity index (χ1n) is 10.7. The van der Waals surface area contributed by atoms with Gasteiger partial charge in [0.1, 0.15) is 5.65 Å². The van der Waals surface area contributed by atoms with Crippen molar-refractivity contribution in [3.63, 3.8) is 0 Å². The van der Waals surface area contributed by atoms with Gasteiger partial charge in [0, 0.05) is 62.4 Å². The quantitative estimate of drug-likeness (QED) is 0.669. The van der Waals surface area contributed by atoms with Crippen molar-refractivity contribution in [2.75, 3.05) is 26.2 Å². The molecule has 1 saturated heterocycles. The molecule has 156 valence electrons. The minimum absolute atomic E-state index is 0.0598. The van der Waals surface area contributed by atoms with Crippen molar-refractivity contribution in [2.45, 2.75) is 39.3 Å². The van der Waals surface area contributed by atoms with Crippen LogP contribution in [-0.4, -0.2) is 55.8 Å². The number of carbonyl (C=O) groups is 1. The second-order valence-corrected chi connectivity index (χ2v) is 8.47. The summed E-state index contributed by atoms with van der Waals surface area (Å²) < 4.78 is 3.88. The summed E-state index contributed by atoms with van der Waals surface area (Å²) in [7, 11) is 0. The number of piperazine rings is 1. The van der Waals surface area contributed by atoms with Crippen LogP contribution in [0.5, 0.6) is 0 Å². The van der Waals surface area contributed by atoms with Gasteiger partial charge < -0.3 is 9.47 Å². The number of pyridine rings is 1. The van der Waals surface area contributed by atoms with Gasteiger partial charge in [-0.3, -0.25) is 18.9 Å². The molecule has 5 rings (SSSR count). The normalized spacial score (nSPS) is 17.6. The van der Waals surface area contributed by atoms with Gasteiger partial charge in [-0.05, 0) is 44.9 Å². The third-order valence-electron chi connectivity index (χ3n) is 6.30. The van der Waals surface area contributed by atoms with Crippen molar-refractivity contribution in [3.8, 4) is 0 Å². The lowest BCUT2D eigenvalue weighted by Crippen LogP contribution is -2.48. The van der Waals surface area contributed by atoms with Crippen LogP contribution in [0.3, 0.4) is 0 Å². The Bertz CT molecular complexity index is 1170. The van der Waals surface area contributed by atoms with Gasteiger partial charge in [-0.25, -0.2) is 4.98 Å². The highest BCUT2D eigenvalue weighted by molar-refractivity contribution is 5.95. The number of nitrogens with zero attached hydrogens (tertiary/aromatic N) is 5. The molecular weight excluding hydrogens is 378 g/mol. The molecule has 30 heavy (non-hydrogen) atoms. The Morgan fingerprint density at radius 2 is 1.87 bits per heavy atom. The minimum atomic E-state index is -0.0598. The molecular formula is C23H27N5O2. The fourth-order valence-electron chi connectivity index (χ4n) is 4.58. The van der Waals surface area contributed by atoms with E-state index in [0.29, 0.717) is 31.3 Å². The van der Waals surface area contributed by atoms with Gasteiger partial charge in [0.2, 0.25) is 0 Å². The number of aryl methyl sites for hydroxylation is 1. The van der Waals surface area contributed by atoms with E-state index in [2.05, 4.69) is 34.4 Å². The second-order valence-electron chi connectivity index (χ2n) is 8.47. The first-order chi connectivity index (χ1) is 14.5. The van der Waals surface area contributed by atoms with E-state index in [1.165, 1.54) is 18.5 Å². The molecule has 3 aromatic rings. The zero-order valence-electron chi connectivity index (χ0n) is 17.5. The van der Waals surface area contributed by atoms with E-state index in [1.54, 1.807) is 16.7 Å². The van der Waals surface area contributed by atoms with E-state index < -0.39 is 0 Å². The summed E-state index contributed by atoms with van der Waals surface area (Å²) in [5.41, 5.74) is 4.51. The molecule has 1 amide bonds. The van der Waals surface area contributed by atoms with Crippen molar-refractivity contribution in [1.82, 2.24) is 23.8 Å². The van der Waals surface area contributed by atoms with Gasteiger partial charge in [-0.15, -0.1) is 0 Å². The molecule has 3 aromatic heterocycles. The fraction of sp³-hybridized carbons (Fsp3) is 0.435. The first kappa shape index (κ1) is 19.1. The number of amides is 1. The molecule has 7 nitrogen and oxygen atoms in total. The highest BCUT2D eigenvalue weighted by atomic mass is 16.2. The van der Waals surface area contributed by atoms with Crippen LogP contribution in [-0.2, 0) is 6.54 Å². The molecule has 7 heteroatoms. The van der Waals surface area contributed by atoms with E-state index in [9.17, 15) is 9.59 Å². The summed E-state index contributed by atoms with van der Waals surface area (Å²) in [4.78, 5) is 34.3. The van der Waals surface area contributed by atoms with E-state index in [-0.39, 0.29) is 11.5 Å². The number of carbonyl (C=O) groups excluding carboxylic acids is 1. The van der Waals surface area contributed by atoms with Crippen LogP contribution in [0.1, 0.15) is 46.3 Å². The molecule has 0 aromatic carbocycles. The predicted octanol–water partition coefficient (Wildman–Crippen LogP) is 2.41. The lowest BCUT2D eigenvalue weighted by atomic mass is 10.2. The van der Waals surface area contributed by atoms with Crippen molar-refractivity contribution < 1.29 is 4.79 Å². The van der Waals surface area contributed by atoms with Crippen molar-refractivity contribution in [1.29, 1.82) is 0 Å². The Labute approximate surface area is 175 Å². The SMILES string of the molecule is Cc1cc(C(=O)N2CCN(Cc3cc(=O)n4ccccc4n3)CC2)c(C)n1C1CC1. The van der Waals surface area contributed by atoms with E-state index in [4.69, 9.17) is 0 Å². The highest BCUT2D eigenvalue weighted by Gasteiger charge is 2.30. The van der Waals surface area contributed by atoms with Crippen molar-refractivity contribution in [2.24, 2.45) is 0 Å². The number of hydrogen-bond donors (Lipinski definition) is 0. The van der Waals surface area contributed by atoms with Gasteiger partial charge in [-0.1, -0.05) is 6.07 Å². The molecule has 1 aliphatic heterocycles. The summed E-state index contributed by atoms with van der Waals surface area (Å²) >= 11 is 0. The highest BCUT2D eigenvalue weighted by Crippen LogP contribution is 2.38. The average molecular weight is 406 g/mol. The smallest absolute Gasteiger partial charge is 0.258 e. The molecule has 2 aliphatic rings. The molecule has 0 spiro atoms. The molecule has 0 atom stereocenters. The summed E-state index contributed by atoms with van der Waals surface area (Å²) in [5, 5.41) is 0. The monoisotopic (exact) mass is 405 g/mol. The Balaban J connectivity index is 1.25. The Kier molecular flexibility index (Phi) is 4.70. The second kappa shape index (κ2) is 7.40. The van der Waals surface area contributed by atoms with Crippen LogP contribution in [0, 0.1) is 13.8 Å². The molecule has 0 N–H and O–H groups in total. The lowest BCUT2D eigenvalue weighted by molar-refractivity contribution is 0.0626. The summed E-state index contributed by atoms with van der Waals surface area (Å²) in [6, 6.07) is 9.80. The summed E-state index contributed by atoms with van der Waals surface area (Å²) in [6.45, 7) is 7.74. The first-order valence-corrected chi connectivity index (χ1v) is 10.7. The molecule has 0 unspecified atom stereocenters. The predicted molar refractivity (Wildman–Crippen MR) is 115 cm³/mol. The van der Waals surface area contributed by atoms with E-state index in [1.807, 2.05) is 23.1 Å². The van der Waals surface area contributed by atoms with E-state index in [0.717, 1.165) is 30.0 Å². The Morgan fingerprint density at radius 3 is 2.60 bits per heavy atom. The maximum absolute atomic E-state index is 13.1. The Morgan fingerprint density at radius 1 is 1.10 bits per heavy atom. The zero-order valence-corrected chi connectivity index (χ0v) is 17.5. The van der Waals surface area contributed by atoms with Crippen molar-refractivity contribution >= 4 is 11.6 Å². The number of fused-ring (bicyclic) bond motifs is 1. The van der Waals surface area contributed by atoms with Gasteiger partial charge in [0.05, 0.1) is 11.3 Å². The van der Waals surface area contributed by atoms with Crippen LogP contribution >= 0.6 is 0 Å². The lowest BCUT2D eigenvalue weighted by Gasteiger charge is -2.34. The molecule has 1 aliphatic carbocycles. The van der Waals surface area contributed by atoms with Gasteiger partial charge in [0.15, 0.2) is 0 Å². The third kappa shape index (κ3) is 3.43. The van der Waals surface area contributed by atoms with Gasteiger partial charge >= 0.3 is 0 Å². The molecule has 1 saturated carbocycles. The standard InChI is InChI=1S/C23H27N5O2/c1-16-13-20(17(2)28(16)19-6-7-19)23(30)26-11-9-25(10-12-26)15-18-14-22(29)27-8-4-3-5-21(27)24-18/h3-5,8,13-14,19H,6-7,9-12,15H2,1-2H3. The summed E-state index contributed by atoms with van der Waals surface area (Å²) in [6.07, 6.45) is 4.17. The minimum Gasteiger partial charge on any atom is -0.345 e. The summed E-state index contributed by atoms with van der Waals surface area (Å²) in [5.74, 6) is 0.136. The zero-order chi connectivity index (χ0) is 20.8. The van der Waals surface area contributed by atoms with Crippen LogP contribution in [0.2, 0.25) is 0 Å². The largest absolute Gasteiger partial charge is 0.345 e.